The van der Waals surface area contributed by atoms with Gasteiger partial charge in [-0.25, -0.2) is 0 Å². The van der Waals surface area contributed by atoms with E-state index in [4.69, 9.17) is 0 Å². The average molecular weight is 292 g/mol. The molecule has 106 valence electrons. The molecular formula is C13H15F3O2S. The van der Waals surface area contributed by atoms with Crippen LogP contribution in [-0.4, -0.2) is 22.0 Å². The SMILES string of the molecule is CC1(C(O)c2cccc(OC(F)(F)F)c2)CCCS1. The molecule has 1 fully saturated rings. The minimum Gasteiger partial charge on any atom is -0.406 e. The van der Waals surface area contributed by atoms with Crippen molar-refractivity contribution in [1.29, 1.82) is 0 Å². The topological polar surface area (TPSA) is 29.5 Å². The van der Waals surface area contributed by atoms with Gasteiger partial charge in [-0.15, -0.1) is 13.2 Å². The molecule has 0 spiro atoms. The monoisotopic (exact) mass is 292 g/mol. The summed E-state index contributed by atoms with van der Waals surface area (Å²) in [6.07, 6.45) is -3.65. The molecule has 0 saturated carbocycles. The summed E-state index contributed by atoms with van der Waals surface area (Å²) in [6, 6.07) is 5.57. The Morgan fingerprint density at radius 3 is 2.74 bits per heavy atom. The van der Waals surface area contributed by atoms with Gasteiger partial charge < -0.3 is 9.84 Å². The van der Waals surface area contributed by atoms with E-state index in [1.54, 1.807) is 17.8 Å². The van der Waals surface area contributed by atoms with Crippen LogP contribution in [-0.2, 0) is 0 Å². The maximum absolute atomic E-state index is 12.2. The molecule has 1 aromatic carbocycles. The minimum atomic E-state index is -4.71. The molecule has 19 heavy (non-hydrogen) atoms. The first-order chi connectivity index (χ1) is 8.80. The van der Waals surface area contributed by atoms with Crippen molar-refractivity contribution in [3.8, 4) is 5.75 Å². The zero-order valence-electron chi connectivity index (χ0n) is 10.4. The highest BCUT2D eigenvalue weighted by Gasteiger charge is 2.38. The third-order valence-electron chi connectivity index (χ3n) is 3.24. The summed E-state index contributed by atoms with van der Waals surface area (Å²) in [7, 11) is 0. The molecule has 2 unspecified atom stereocenters. The van der Waals surface area contributed by atoms with E-state index >= 15 is 0 Å². The predicted molar refractivity (Wildman–Crippen MR) is 68.2 cm³/mol. The van der Waals surface area contributed by atoms with Gasteiger partial charge in [0.15, 0.2) is 0 Å². The normalized spacial score (nSPS) is 25.3. The van der Waals surface area contributed by atoms with Gasteiger partial charge in [0.1, 0.15) is 5.75 Å². The lowest BCUT2D eigenvalue weighted by molar-refractivity contribution is -0.274. The standard InChI is InChI=1S/C13H15F3O2S/c1-12(6-3-7-19-12)11(17)9-4-2-5-10(8-9)18-13(14,15)16/h2,4-5,8,11,17H,3,6-7H2,1H3. The highest BCUT2D eigenvalue weighted by atomic mass is 32.2. The van der Waals surface area contributed by atoms with Crippen LogP contribution in [0, 0.1) is 0 Å². The van der Waals surface area contributed by atoms with Crippen molar-refractivity contribution in [3.63, 3.8) is 0 Å². The molecule has 1 N–H and O–H groups in total. The number of aliphatic hydroxyl groups is 1. The molecule has 1 aromatic rings. The Morgan fingerprint density at radius 1 is 1.42 bits per heavy atom. The van der Waals surface area contributed by atoms with E-state index in [2.05, 4.69) is 4.74 Å². The lowest BCUT2D eigenvalue weighted by Crippen LogP contribution is -2.26. The quantitative estimate of drug-likeness (QED) is 0.916. The molecule has 0 aromatic heterocycles. The first-order valence-electron chi connectivity index (χ1n) is 5.98. The van der Waals surface area contributed by atoms with Gasteiger partial charge in [-0.05, 0) is 43.2 Å². The summed E-state index contributed by atoms with van der Waals surface area (Å²) in [5.41, 5.74) is 0.457. The number of halogens is 3. The van der Waals surface area contributed by atoms with Crippen LogP contribution in [0.1, 0.15) is 31.4 Å². The van der Waals surface area contributed by atoms with Crippen molar-refractivity contribution in [2.75, 3.05) is 5.75 Å². The summed E-state index contributed by atoms with van der Waals surface area (Å²) in [6.45, 7) is 1.94. The Bertz CT molecular complexity index is 442. The second-order valence-electron chi connectivity index (χ2n) is 4.79. The van der Waals surface area contributed by atoms with Gasteiger partial charge in [0.25, 0.3) is 0 Å². The molecule has 1 saturated heterocycles. The van der Waals surface area contributed by atoms with E-state index in [1.807, 2.05) is 6.92 Å². The highest BCUT2D eigenvalue weighted by molar-refractivity contribution is 8.00. The number of alkyl halides is 3. The molecule has 1 heterocycles. The third-order valence-corrected chi connectivity index (χ3v) is 4.81. The fourth-order valence-electron chi connectivity index (χ4n) is 2.25. The van der Waals surface area contributed by atoms with Crippen molar-refractivity contribution in [1.82, 2.24) is 0 Å². The van der Waals surface area contributed by atoms with E-state index in [0.717, 1.165) is 18.6 Å². The summed E-state index contributed by atoms with van der Waals surface area (Å²) < 4.78 is 40.0. The zero-order chi connectivity index (χ0) is 14.1. The van der Waals surface area contributed by atoms with Crippen molar-refractivity contribution in [2.45, 2.75) is 37.0 Å². The van der Waals surface area contributed by atoms with Gasteiger partial charge in [0, 0.05) is 4.75 Å². The second-order valence-corrected chi connectivity index (χ2v) is 6.42. The largest absolute Gasteiger partial charge is 0.573 e. The van der Waals surface area contributed by atoms with Crippen LogP contribution >= 0.6 is 11.8 Å². The van der Waals surface area contributed by atoms with Gasteiger partial charge in [-0.3, -0.25) is 0 Å². The maximum Gasteiger partial charge on any atom is 0.573 e. The van der Waals surface area contributed by atoms with E-state index in [0.29, 0.717) is 5.56 Å². The first-order valence-corrected chi connectivity index (χ1v) is 6.96. The summed E-state index contributed by atoms with van der Waals surface area (Å²) in [4.78, 5) is 0. The second kappa shape index (κ2) is 5.25. The molecule has 6 heteroatoms. The van der Waals surface area contributed by atoms with E-state index < -0.39 is 12.5 Å². The number of thioether (sulfide) groups is 1. The van der Waals surface area contributed by atoms with Crippen LogP contribution in [0.5, 0.6) is 5.75 Å². The van der Waals surface area contributed by atoms with Gasteiger partial charge >= 0.3 is 6.36 Å². The molecule has 0 bridgehead atoms. The molecule has 0 amide bonds. The van der Waals surface area contributed by atoms with Gasteiger partial charge in [-0.1, -0.05) is 12.1 Å². The van der Waals surface area contributed by atoms with Crippen LogP contribution in [0.4, 0.5) is 13.2 Å². The smallest absolute Gasteiger partial charge is 0.406 e. The zero-order valence-corrected chi connectivity index (χ0v) is 11.2. The molecule has 0 radical (unpaired) electrons. The van der Waals surface area contributed by atoms with Crippen LogP contribution in [0.15, 0.2) is 24.3 Å². The molecule has 2 atom stereocenters. The number of hydrogen-bond donors (Lipinski definition) is 1. The van der Waals surface area contributed by atoms with Gasteiger partial charge in [0.05, 0.1) is 6.10 Å². The highest BCUT2D eigenvalue weighted by Crippen LogP contribution is 2.46. The fraction of sp³-hybridized carbons (Fsp3) is 0.538. The van der Waals surface area contributed by atoms with Crippen molar-refractivity contribution < 1.29 is 23.0 Å². The van der Waals surface area contributed by atoms with E-state index in [1.165, 1.54) is 18.2 Å². The summed E-state index contributed by atoms with van der Waals surface area (Å²) in [5.74, 6) is 0.669. The molecule has 0 aliphatic carbocycles. The lowest BCUT2D eigenvalue weighted by atomic mass is 9.93. The van der Waals surface area contributed by atoms with Crippen LogP contribution < -0.4 is 4.74 Å². The third kappa shape index (κ3) is 3.57. The number of ether oxygens (including phenoxy) is 1. The lowest BCUT2D eigenvalue weighted by Gasteiger charge is -2.29. The van der Waals surface area contributed by atoms with Crippen LogP contribution in [0.3, 0.4) is 0 Å². The molecule has 1 aliphatic heterocycles. The Balaban J connectivity index is 2.18. The number of benzene rings is 1. The predicted octanol–water partition coefficient (Wildman–Crippen LogP) is 3.90. The van der Waals surface area contributed by atoms with Crippen LogP contribution in [0.25, 0.3) is 0 Å². The van der Waals surface area contributed by atoms with Gasteiger partial charge in [0.2, 0.25) is 0 Å². The molecular weight excluding hydrogens is 277 g/mol. The summed E-state index contributed by atoms with van der Waals surface area (Å²) in [5, 5.41) is 10.3. The van der Waals surface area contributed by atoms with Gasteiger partial charge in [-0.2, -0.15) is 11.8 Å². The Labute approximate surface area is 114 Å². The molecule has 1 aliphatic rings. The van der Waals surface area contributed by atoms with Crippen molar-refractivity contribution >= 4 is 11.8 Å². The van der Waals surface area contributed by atoms with Crippen molar-refractivity contribution in [3.05, 3.63) is 29.8 Å². The molecule has 2 rings (SSSR count). The number of hydrogen-bond acceptors (Lipinski definition) is 3. The molecule has 2 nitrogen and oxygen atoms in total. The van der Waals surface area contributed by atoms with Crippen LogP contribution in [0.2, 0.25) is 0 Å². The average Bonchev–Trinajstić information content (AvgIpc) is 2.74. The Kier molecular flexibility index (Phi) is 4.01. The first kappa shape index (κ1) is 14.5. The maximum atomic E-state index is 12.2. The summed E-state index contributed by atoms with van der Waals surface area (Å²) >= 11 is 1.65. The number of rotatable bonds is 3. The van der Waals surface area contributed by atoms with Crippen molar-refractivity contribution in [2.24, 2.45) is 0 Å². The Hall–Kier alpha value is -0.880. The van der Waals surface area contributed by atoms with E-state index in [9.17, 15) is 18.3 Å². The number of aliphatic hydroxyl groups excluding tert-OH is 1. The van der Waals surface area contributed by atoms with E-state index in [-0.39, 0.29) is 10.5 Å². The Morgan fingerprint density at radius 2 is 2.16 bits per heavy atom. The minimum absolute atomic E-state index is 0.296. The fourth-order valence-corrected chi connectivity index (χ4v) is 3.59.